The van der Waals surface area contributed by atoms with E-state index >= 15 is 0 Å². The molecule has 0 aliphatic carbocycles. The molecule has 1 heterocycles. The highest BCUT2D eigenvalue weighted by atomic mass is 79.9. The lowest BCUT2D eigenvalue weighted by Gasteiger charge is -2.07. The molecule has 1 aromatic heterocycles. The third-order valence-corrected chi connectivity index (χ3v) is 4.21. The van der Waals surface area contributed by atoms with E-state index in [4.69, 9.17) is 22.4 Å². The normalized spacial score (nSPS) is 13.3. The average molecular weight is 271 g/mol. The Morgan fingerprint density at radius 2 is 2.42 bits per heavy atom. The lowest BCUT2D eigenvalue weighted by Crippen LogP contribution is -2.14. The molecule has 5 heteroatoms. The maximum atomic E-state index is 8.95. The Morgan fingerprint density at radius 1 is 1.75 bits per heavy atom. The minimum Gasteiger partial charge on any atom is -0.396 e. The first-order valence-electron chi connectivity index (χ1n) is 3.44. The molecular weight excluding hydrogens is 262 g/mol. The second kappa shape index (κ2) is 4.58. The van der Waals surface area contributed by atoms with Gasteiger partial charge in [0.1, 0.15) is 4.34 Å². The molecule has 1 atom stereocenters. The van der Waals surface area contributed by atoms with Gasteiger partial charge in [0, 0.05) is 21.8 Å². The van der Waals surface area contributed by atoms with Crippen molar-refractivity contribution in [3.63, 3.8) is 0 Å². The van der Waals surface area contributed by atoms with Crippen LogP contribution in [0.1, 0.15) is 10.8 Å². The molecule has 3 N–H and O–H groups in total. The van der Waals surface area contributed by atoms with Gasteiger partial charge < -0.3 is 10.8 Å². The highest BCUT2D eigenvalue weighted by Crippen LogP contribution is 2.35. The number of thiophene rings is 1. The fourth-order valence-electron chi connectivity index (χ4n) is 0.845. The third kappa shape index (κ3) is 2.20. The quantitative estimate of drug-likeness (QED) is 0.884. The van der Waals surface area contributed by atoms with Gasteiger partial charge in [-0.25, -0.2) is 0 Å². The highest BCUT2D eigenvalue weighted by Gasteiger charge is 2.13. The van der Waals surface area contributed by atoms with E-state index in [-0.39, 0.29) is 12.5 Å². The third-order valence-electron chi connectivity index (χ3n) is 1.57. The van der Waals surface area contributed by atoms with E-state index in [0.717, 1.165) is 9.35 Å². The summed E-state index contributed by atoms with van der Waals surface area (Å²) < 4.78 is 1.58. The predicted molar refractivity (Wildman–Crippen MR) is 55.9 cm³/mol. The van der Waals surface area contributed by atoms with Crippen LogP contribution < -0.4 is 5.73 Å². The Labute approximate surface area is 88.5 Å². The Balaban J connectivity index is 2.86. The summed E-state index contributed by atoms with van der Waals surface area (Å²) in [7, 11) is 0. The zero-order valence-electron chi connectivity index (χ0n) is 6.26. The van der Waals surface area contributed by atoms with Gasteiger partial charge in [-0.2, -0.15) is 0 Å². The fourth-order valence-corrected chi connectivity index (χ4v) is 2.69. The van der Waals surface area contributed by atoms with Crippen LogP contribution >= 0.6 is 38.9 Å². The van der Waals surface area contributed by atoms with Crippen LogP contribution in [-0.4, -0.2) is 18.3 Å². The lowest BCUT2D eigenvalue weighted by atomic mass is 10.1. The number of hydrogen-bond donors (Lipinski definition) is 2. The molecule has 0 radical (unpaired) electrons. The van der Waals surface area contributed by atoms with E-state index in [1.807, 2.05) is 6.07 Å². The molecule has 0 aliphatic heterocycles. The van der Waals surface area contributed by atoms with Gasteiger partial charge in [0.05, 0.1) is 6.61 Å². The number of nitrogens with two attached hydrogens (primary N) is 1. The van der Waals surface area contributed by atoms with Crippen molar-refractivity contribution in [2.24, 2.45) is 5.73 Å². The van der Waals surface area contributed by atoms with Crippen molar-refractivity contribution in [3.8, 4) is 0 Å². The van der Waals surface area contributed by atoms with Crippen molar-refractivity contribution in [3.05, 3.63) is 19.8 Å². The largest absolute Gasteiger partial charge is 0.396 e. The van der Waals surface area contributed by atoms with Crippen molar-refractivity contribution in [2.75, 3.05) is 13.2 Å². The number of aliphatic hydroxyl groups is 1. The summed E-state index contributed by atoms with van der Waals surface area (Å²) in [4.78, 5) is 1.02. The minimum absolute atomic E-state index is 0.0128. The van der Waals surface area contributed by atoms with E-state index in [2.05, 4.69) is 15.9 Å². The second-order valence-electron chi connectivity index (χ2n) is 2.39. The van der Waals surface area contributed by atoms with E-state index in [9.17, 15) is 0 Å². The van der Waals surface area contributed by atoms with Crippen LogP contribution in [0.2, 0.25) is 4.34 Å². The first-order chi connectivity index (χ1) is 5.69. The minimum atomic E-state index is 0.0128. The molecule has 1 unspecified atom stereocenters. The Kier molecular flexibility index (Phi) is 3.99. The van der Waals surface area contributed by atoms with Gasteiger partial charge in [0.25, 0.3) is 0 Å². The van der Waals surface area contributed by atoms with Crippen molar-refractivity contribution in [1.82, 2.24) is 0 Å². The molecule has 68 valence electrons. The molecule has 0 bridgehead atoms. The van der Waals surface area contributed by atoms with Gasteiger partial charge in [-0.1, -0.05) is 11.6 Å². The number of hydrogen-bond acceptors (Lipinski definition) is 3. The van der Waals surface area contributed by atoms with Crippen molar-refractivity contribution >= 4 is 38.9 Å². The highest BCUT2D eigenvalue weighted by molar-refractivity contribution is 9.10. The Morgan fingerprint density at radius 3 is 2.75 bits per heavy atom. The van der Waals surface area contributed by atoms with Crippen molar-refractivity contribution < 1.29 is 5.11 Å². The van der Waals surface area contributed by atoms with E-state index in [0.29, 0.717) is 10.9 Å². The first kappa shape index (κ1) is 10.5. The van der Waals surface area contributed by atoms with Crippen LogP contribution in [0.5, 0.6) is 0 Å². The van der Waals surface area contributed by atoms with Crippen molar-refractivity contribution in [2.45, 2.75) is 5.92 Å². The maximum Gasteiger partial charge on any atom is 0.107 e. The monoisotopic (exact) mass is 269 g/mol. The summed E-state index contributed by atoms with van der Waals surface area (Å²) in [6.07, 6.45) is 0. The number of aliphatic hydroxyl groups excluding tert-OH is 1. The van der Waals surface area contributed by atoms with Gasteiger partial charge in [-0.15, -0.1) is 11.3 Å². The molecule has 12 heavy (non-hydrogen) atoms. The molecule has 0 aliphatic rings. The van der Waals surface area contributed by atoms with Crippen molar-refractivity contribution in [1.29, 1.82) is 0 Å². The predicted octanol–water partition coefficient (Wildman–Crippen LogP) is 2.20. The molecule has 0 fully saturated rings. The standard InChI is InChI=1S/C7H9BrClNOS/c8-5-1-6(12-7(5)9)4(2-10)3-11/h1,4,11H,2-3,10H2. The van der Waals surface area contributed by atoms with Crippen LogP contribution in [-0.2, 0) is 0 Å². The summed E-state index contributed by atoms with van der Waals surface area (Å²) in [6.45, 7) is 0.513. The summed E-state index contributed by atoms with van der Waals surface area (Å²) in [5, 5.41) is 8.95. The van der Waals surface area contributed by atoms with Crippen LogP contribution in [0.25, 0.3) is 0 Å². The molecule has 0 spiro atoms. The van der Waals surface area contributed by atoms with Gasteiger partial charge in [-0.3, -0.25) is 0 Å². The second-order valence-corrected chi connectivity index (χ2v) is 4.93. The molecule has 1 rings (SSSR count). The van der Waals surface area contributed by atoms with E-state index in [1.54, 1.807) is 0 Å². The topological polar surface area (TPSA) is 46.2 Å². The van der Waals surface area contributed by atoms with Gasteiger partial charge in [-0.05, 0) is 22.0 Å². The lowest BCUT2D eigenvalue weighted by molar-refractivity contribution is 0.269. The number of halogens is 2. The zero-order valence-corrected chi connectivity index (χ0v) is 9.42. The SMILES string of the molecule is NCC(CO)c1cc(Br)c(Cl)s1. The summed E-state index contributed by atoms with van der Waals surface area (Å²) in [5.41, 5.74) is 5.46. The molecular formula is C7H9BrClNOS. The molecule has 0 aromatic carbocycles. The van der Waals surface area contributed by atoms with Gasteiger partial charge in [0.15, 0.2) is 0 Å². The maximum absolute atomic E-state index is 8.95. The summed E-state index contributed by atoms with van der Waals surface area (Å²) in [5.74, 6) is 0.0128. The Bertz CT molecular complexity index is 242. The number of rotatable bonds is 3. The molecule has 0 amide bonds. The van der Waals surface area contributed by atoms with Crippen LogP contribution in [0.3, 0.4) is 0 Å². The Hall–Kier alpha value is 0.390. The first-order valence-corrected chi connectivity index (χ1v) is 5.43. The van der Waals surface area contributed by atoms with Gasteiger partial charge in [0.2, 0.25) is 0 Å². The smallest absolute Gasteiger partial charge is 0.107 e. The fraction of sp³-hybridized carbons (Fsp3) is 0.429. The van der Waals surface area contributed by atoms with Crippen LogP contribution in [0, 0.1) is 0 Å². The molecule has 2 nitrogen and oxygen atoms in total. The summed E-state index contributed by atoms with van der Waals surface area (Å²) in [6, 6.07) is 1.90. The van der Waals surface area contributed by atoms with E-state index in [1.165, 1.54) is 11.3 Å². The molecule has 0 saturated carbocycles. The average Bonchev–Trinajstić information content (AvgIpc) is 2.35. The molecule has 1 aromatic rings. The summed E-state index contributed by atoms with van der Waals surface area (Å²) >= 11 is 10.6. The van der Waals surface area contributed by atoms with E-state index < -0.39 is 0 Å². The van der Waals surface area contributed by atoms with Crippen LogP contribution in [0.4, 0.5) is 0 Å². The zero-order chi connectivity index (χ0) is 9.14. The van der Waals surface area contributed by atoms with Gasteiger partial charge >= 0.3 is 0 Å². The van der Waals surface area contributed by atoms with Crippen LogP contribution in [0.15, 0.2) is 10.5 Å². The molecule has 0 saturated heterocycles.